The summed E-state index contributed by atoms with van der Waals surface area (Å²) in [5.74, 6) is -0.454. The van der Waals surface area contributed by atoms with Crippen LogP contribution in [0.4, 0.5) is 11.4 Å². The maximum atomic E-state index is 12.5. The first-order chi connectivity index (χ1) is 16.6. The fraction of sp³-hybridized carbons (Fsp3) is 0.148. The van der Waals surface area contributed by atoms with Crippen molar-refractivity contribution in [2.45, 2.75) is 19.8 Å². The number of anilines is 2. The predicted molar refractivity (Wildman–Crippen MR) is 132 cm³/mol. The minimum absolute atomic E-state index is 0.0814. The van der Waals surface area contributed by atoms with Crippen molar-refractivity contribution in [1.82, 2.24) is 4.57 Å². The lowest BCUT2D eigenvalue weighted by Crippen LogP contribution is -2.12. The predicted octanol–water partition coefficient (Wildman–Crippen LogP) is 4.95. The number of nitrogens with one attached hydrogen (secondary N) is 2. The maximum absolute atomic E-state index is 12.5. The molecule has 4 aromatic rings. The number of aromatic nitrogens is 1. The van der Waals surface area contributed by atoms with Crippen molar-refractivity contribution in [3.8, 4) is 5.69 Å². The molecule has 0 aliphatic heterocycles. The number of hydrogen-bond donors (Lipinski definition) is 2. The molecule has 7 nitrogen and oxygen atoms in total. The Morgan fingerprint density at radius 1 is 1.00 bits per heavy atom. The van der Waals surface area contributed by atoms with E-state index in [1.807, 2.05) is 65.2 Å². The van der Waals surface area contributed by atoms with Gasteiger partial charge in [0.2, 0.25) is 12.3 Å². The zero-order valence-corrected chi connectivity index (χ0v) is 18.8. The highest BCUT2D eigenvalue weighted by Gasteiger charge is 2.13. The minimum atomic E-state index is -0.373. The van der Waals surface area contributed by atoms with E-state index < -0.39 is 0 Å². The number of aryl methyl sites for hydroxylation is 1. The average Bonchev–Trinajstić information content (AvgIpc) is 3.21. The van der Waals surface area contributed by atoms with Crippen molar-refractivity contribution in [1.29, 1.82) is 0 Å². The van der Waals surface area contributed by atoms with Crippen molar-refractivity contribution in [2.24, 2.45) is 0 Å². The van der Waals surface area contributed by atoms with Gasteiger partial charge in [-0.1, -0.05) is 30.3 Å². The number of nitrogens with zero attached hydrogens (tertiary/aromatic N) is 1. The second-order valence-corrected chi connectivity index (χ2v) is 7.71. The summed E-state index contributed by atoms with van der Waals surface area (Å²) in [7, 11) is 0. The smallest absolute Gasteiger partial charge is 0.338 e. The number of ether oxygens (including phenoxy) is 1. The third kappa shape index (κ3) is 5.15. The van der Waals surface area contributed by atoms with Gasteiger partial charge in [-0.05, 0) is 61.4 Å². The van der Waals surface area contributed by atoms with Gasteiger partial charge in [0.05, 0.1) is 23.4 Å². The summed E-state index contributed by atoms with van der Waals surface area (Å²) in [6.45, 7) is 2.08. The summed E-state index contributed by atoms with van der Waals surface area (Å²) in [4.78, 5) is 35.6. The third-order valence-corrected chi connectivity index (χ3v) is 5.44. The van der Waals surface area contributed by atoms with E-state index in [0.717, 1.165) is 22.2 Å². The number of hydrogen-bond acceptors (Lipinski definition) is 4. The molecule has 0 spiro atoms. The first-order valence-electron chi connectivity index (χ1n) is 11.1. The second-order valence-electron chi connectivity index (χ2n) is 7.71. The minimum Gasteiger partial charge on any atom is -0.462 e. The van der Waals surface area contributed by atoms with E-state index in [-0.39, 0.29) is 11.9 Å². The fourth-order valence-electron chi connectivity index (χ4n) is 3.80. The fourth-order valence-corrected chi connectivity index (χ4v) is 3.80. The lowest BCUT2D eigenvalue weighted by Gasteiger charge is -2.09. The van der Waals surface area contributed by atoms with Gasteiger partial charge in [-0.2, -0.15) is 0 Å². The van der Waals surface area contributed by atoms with Gasteiger partial charge in [-0.25, -0.2) is 4.79 Å². The largest absolute Gasteiger partial charge is 0.462 e. The van der Waals surface area contributed by atoms with Crippen molar-refractivity contribution in [3.05, 3.63) is 90.1 Å². The van der Waals surface area contributed by atoms with Crippen LogP contribution < -0.4 is 10.6 Å². The molecule has 2 N–H and O–H groups in total. The Morgan fingerprint density at radius 3 is 2.47 bits per heavy atom. The molecule has 7 heteroatoms. The van der Waals surface area contributed by atoms with Crippen LogP contribution in [-0.2, 0) is 20.7 Å². The molecule has 0 saturated carbocycles. The van der Waals surface area contributed by atoms with E-state index in [1.54, 1.807) is 25.3 Å². The Labute approximate surface area is 197 Å². The summed E-state index contributed by atoms with van der Waals surface area (Å²) >= 11 is 0. The van der Waals surface area contributed by atoms with Crippen LogP contribution in [-0.4, -0.2) is 29.5 Å². The first kappa shape index (κ1) is 22.8. The Hall–Kier alpha value is -4.39. The van der Waals surface area contributed by atoms with Gasteiger partial charge in [0.15, 0.2) is 0 Å². The second kappa shape index (κ2) is 10.5. The zero-order valence-electron chi connectivity index (χ0n) is 18.8. The summed E-state index contributed by atoms with van der Waals surface area (Å²) in [6.07, 6.45) is 3.45. The van der Waals surface area contributed by atoms with Gasteiger partial charge >= 0.3 is 5.97 Å². The van der Waals surface area contributed by atoms with Crippen LogP contribution in [0.3, 0.4) is 0 Å². The van der Waals surface area contributed by atoms with E-state index in [4.69, 9.17) is 4.74 Å². The van der Waals surface area contributed by atoms with Gasteiger partial charge < -0.3 is 19.9 Å². The Bertz CT molecular complexity index is 1310. The molecule has 3 aromatic carbocycles. The molecule has 0 aliphatic carbocycles. The number of rotatable bonds is 9. The van der Waals surface area contributed by atoms with Gasteiger partial charge in [-0.15, -0.1) is 0 Å². The number of benzene rings is 3. The van der Waals surface area contributed by atoms with Crippen molar-refractivity contribution in [3.63, 3.8) is 0 Å². The van der Waals surface area contributed by atoms with Crippen molar-refractivity contribution >= 4 is 40.6 Å². The summed E-state index contributed by atoms with van der Waals surface area (Å²) < 4.78 is 6.95. The SMILES string of the molecule is CCOC(=O)c1ccc(-n2cc(NC=O)c3cc(NC(=O)CCc4ccccc4)ccc32)cc1. The van der Waals surface area contributed by atoms with Crippen molar-refractivity contribution in [2.75, 3.05) is 17.2 Å². The topological polar surface area (TPSA) is 89.4 Å². The molecule has 4 rings (SSSR count). The summed E-state index contributed by atoms with van der Waals surface area (Å²) in [6, 6.07) is 22.4. The van der Waals surface area contributed by atoms with Gasteiger partial charge in [0.25, 0.3) is 0 Å². The molecular weight excluding hydrogens is 430 g/mol. The highest BCUT2D eigenvalue weighted by Crippen LogP contribution is 2.31. The van der Waals surface area contributed by atoms with E-state index in [9.17, 15) is 14.4 Å². The van der Waals surface area contributed by atoms with E-state index in [1.165, 1.54) is 0 Å². The Morgan fingerprint density at radius 2 is 1.76 bits per heavy atom. The number of esters is 1. The summed E-state index contributed by atoms with van der Waals surface area (Å²) in [5, 5.41) is 6.44. The average molecular weight is 456 g/mol. The molecule has 0 radical (unpaired) electrons. The van der Waals surface area contributed by atoms with Crippen LogP contribution in [0.25, 0.3) is 16.6 Å². The molecule has 0 unspecified atom stereocenters. The Kier molecular flexibility index (Phi) is 7.03. The number of fused-ring (bicyclic) bond motifs is 1. The monoisotopic (exact) mass is 455 g/mol. The standard InChI is InChI=1S/C27H25N3O4/c1-2-34-27(33)20-9-12-22(13-10-20)30-17-24(28-18-31)23-16-21(11-14-25(23)30)29-26(32)15-8-19-6-4-3-5-7-19/h3-7,9-14,16-18H,2,8,15H2,1H3,(H,28,31)(H,29,32). The van der Waals surface area contributed by atoms with Crippen LogP contribution in [0.2, 0.25) is 0 Å². The molecule has 2 amide bonds. The lowest BCUT2D eigenvalue weighted by molar-refractivity contribution is -0.116. The van der Waals surface area contributed by atoms with Gasteiger partial charge in [0, 0.05) is 29.4 Å². The Balaban J connectivity index is 1.56. The van der Waals surface area contributed by atoms with Crippen LogP contribution in [0.15, 0.2) is 79.0 Å². The van der Waals surface area contributed by atoms with Gasteiger partial charge in [-0.3, -0.25) is 9.59 Å². The maximum Gasteiger partial charge on any atom is 0.338 e. The summed E-state index contributed by atoms with van der Waals surface area (Å²) in [5.41, 5.74) is 4.49. The first-order valence-corrected chi connectivity index (χ1v) is 11.1. The number of carbonyl (C=O) groups is 3. The molecule has 34 heavy (non-hydrogen) atoms. The van der Waals surface area contributed by atoms with Crippen LogP contribution in [0, 0.1) is 0 Å². The molecule has 1 aromatic heterocycles. The zero-order chi connectivity index (χ0) is 23.9. The molecule has 0 bridgehead atoms. The van der Waals surface area contributed by atoms with Crippen LogP contribution in [0.5, 0.6) is 0 Å². The molecule has 1 heterocycles. The molecule has 0 aliphatic rings. The van der Waals surface area contributed by atoms with E-state index in [0.29, 0.717) is 42.8 Å². The quantitative estimate of drug-likeness (QED) is 0.276. The van der Waals surface area contributed by atoms with E-state index >= 15 is 0 Å². The molecule has 0 fully saturated rings. The third-order valence-electron chi connectivity index (χ3n) is 5.44. The highest BCUT2D eigenvalue weighted by atomic mass is 16.5. The van der Waals surface area contributed by atoms with Crippen molar-refractivity contribution < 1.29 is 19.1 Å². The van der Waals surface area contributed by atoms with Gasteiger partial charge in [0.1, 0.15) is 0 Å². The molecule has 0 atom stereocenters. The highest BCUT2D eigenvalue weighted by molar-refractivity contribution is 6.01. The lowest BCUT2D eigenvalue weighted by atomic mass is 10.1. The normalized spacial score (nSPS) is 10.6. The van der Waals surface area contributed by atoms with Crippen LogP contribution in [0.1, 0.15) is 29.3 Å². The van der Waals surface area contributed by atoms with Crippen LogP contribution >= 0.6 is 0 Å². The number of carbonyl (C=O) groups excluding carboxylic acids is 3. The molecular formula is C27H25N3O4. The molecule has 0 saturated heterocycles. The van der Waals surface area contributed by atoms with E-state index in [2.05, 4.69) is 10.6 Å². The number of amides is 2. The molecule has 172 valence electrons.